The first-order valence-corrected chi connectivity index (χ1v) is 8.60. The minimum atomic E-state index is -0.513. The fourth-order valence-electron chi connectivity index (χ4n) is 3.08. The van der Waals surface area contributed by atoms with Crippen LogP contribution < -0.4 is 11.1 Å². The number of carbonyl (C=O) groups is 2. The number of alkyl carbamates (subject to hydrolysis) is 1. The van der Waals surface area contributed by atoms with E-state index in [1.807, 2.05) is 27.7 Å². The molecule has 0 bridgehead atoms. The molecule has 0 radical (unpaired) electrons. The molecule has 1 aliphatic carbocycles. The van der Waals surface area contributed by atoms with Crippen LogP contribution in [0.1, 0.15) is 59.8 Å². The summed E-state index contributed by atoms with van der Waals surface area (Å²) in [5.74, 6) is 0.606. The fraction of sp³-hybridized carbons (Fsp3) is 0.882. The van der Waals surface area contributed by atoms with Gasteiger partial charge in [-0.05, 0) is 65.2 Å². The molecule has 1 atom stereocenters. The molecule has 1 aliphatic rings. The molecule has 0 aromatic rings. The predicted molar refractivity (Wildman–Crippen MR) is 88.9 cm³/mol. The minimum Gasteiger partial charge on any atom is -0.466 e. The molecule has 0 saturated heterocycles. The second kappa shape index (κ2) is 9.11. The lowest BCUT2D eigenvalue weighted by Gasteiger charge is -2.34. The molecule has 6 heteroatoms. The highest BCUT2D eigenvalue weighted by molar-refractivity contribution is 5.69. The molecule has 0 aromatic heterocycles. The zero-order chi connectivity index (χ0) is 17.5. The van der Waals surface area contributed by atoms with Crippen LogP contribution in [-0.4, -0.2) is 36.9 Å². The monoisotopic (exact) mass is 328 g/mol. The largest absolute Gasteiger partial charge is 0.466 e. The second-order valence-corrected chi connectivity index (χ2v) is 7.28. The van der Waals surface area contributed by atoms with Crippen molar-refractivity contribution in [3.05, 3.63) is 0 Å². The molecule has 1 unspecified atom stereocenters. The van der Waals surface area contributed by atoms with Gasteiger partial charge in [-0.2, -0.15) is 0 Å². The van der Waals surface area contributed by atoms with Gasteiger partial charge >= 0.3 is 12.1 Å². The number of carbonyl (C=O) groups excluding carboxylic acids is 2. The number of hydrogen-bond donors (Lipinski definition) is 2. The Hall–Kier alpha value is -1.30. The molecule has 1 saturated carbocycles. The van der Waals surface area contributed by atoms with E-state index in [1.54, 1.807) is 0 Å². The minimum absolute atomic E-state index is 0.0756. The smallest absolute Gasteiger partial charge is 0.407 e. The Morgan fingerprint density at radius 1 is 1.22 bits per heavy atom. The van der Waals surface area contributed by atoms with Gasteiger partial charge in [-0.25, -0.2) is 4.79 Å². The molecule has 134 valence electrons. The quantitative estimate of drug-likeness (QED) is 0.731. The molecule has 6 nitrogen and oxygen atoms in total. The van der Waals surface area contributed by atoms with Gasteiger partial charge in [0, 0.05) is 19.0 Å². The lowest BCUT2D eigenvalue weighted by Crippen LogP contribution is -2.48. The molecular weight excluding hydrogens is 296 g/mol. The highest BCUT2D eigenvalue weighted by Gasteiger charge is 2.30. The van der Waals surface area contributed by atoms with Crippen molar-refractivity contribution in [1.29, 1.82) is 0 Å². The van der Waals surface area contributed by atoms with Gasteiger partial charge in [0.15, 0.2) is 0 Å². The average Bonchev–Trinajstić information content (AvgIpc) is 2.44. The van der Waals surface area contributed by atoms with E-state index in [9.17, 15) is 9.59 Å². The Labute approximate surface area is 139 Å². The summed E-state index contributed by atoms with van der Waals surface area (Å²) in [6.45, 7) is 8.17. The van der Waals surface area contributed by atoms with Crippen LogP contribution in [0.15, 0.2) is 0 Å². The van der Waals surface area contributed by atoms with Gasteiger partial charge in [0.2, 0.25) is 0 Å². The van der Waals surface area contributed by atoms with Crippen molar-refractivity contribution in [3.63, 3.8) is 0 Å². The van der Waals surface area contributed by atoms with E-state index in [4.69, 9.17) is 15.2 Å². The van der Waals surface area contributed by atoms with Crippen molar-refractivity contribution in [3.8, 4) is 0 Å². The molecule has 3 N–H and O–H groups in total. The van der Waals surface area contributed by atoms with Crippen molar-refractivity contribution >= 4 is 12.1 Å². The van der Waals surface area contributed by atoms with Crippen molar-refractivity contribution in [2.24, 2.45) is 17.6 Å². The van der Waals surface area contributed by atoms with E-state index < -0.39 is 11.7 Å². The number of esters is 1. The summed E-state index contributed by atoms with van der Waals surface area (Å²) in [4.78, 5) is 23.4. The van der Waals surface area contributed by atoms with Crippen LogP contribution in [-0.2, 0) is 14.3 Å². The van der Waals surface area contributed by atoms with Gasteiger partial charge < -0.3 is 20.5 Å². The summed E-state index contributed by atoms with van der Waals surface area (Å²) in [6, 6.07) is -0.0756. The number of amides is 1. The molecule has 23 heavy (non-hydrogen) atoms. The lowest BCUT2D eigenvalue weighted by atomic mass is 9.77. The summed E-state index contributed by atoms with van der Waals surface area (Å²) in [5, 5.41) is 2.89. The fourth-order valence-corrected chi connectivity index (χ4v) is 3.08. The molecule has 0 aromatic carbocycles. The number of hydrogen-bond acceptors (Lipinski definition) is 5. The second-order valence-electron chi connectivity index (χ2n) is 7.28. The summed E-state index contributed by atoms with van der Waals surface area (Å²) >= 11 is 0. The van der Waals surface area contributed by atoms with Crippen LogP contribution >= 0.6 is 0 Å². The SMILES string of the molecule is CCOC(=O)C[C@H]1CC[C@H](C(CN)NC(=O)OC(C)(C)C)CC1. The number of nitrogens with one attached hydrogen (secondary N) is 1. The zero-order valence-corrected chi connectivity index (χ0v) is 14.9. The summed E-state index contributed by atoms with van der Waals surface area (Å²) in [7, 11) is 0. The maximum atomic E-state index is 11.9. The van der Waals surface area contributed by atoms with Crippen LogP contribution in [0, 0.1) is 11.8 Å². The van der Waals surface area contributed by atoms with Crippen molar-refractivity contribution in [2.45, 2.75) is 71.4 Å². The summed E-state index contributed by atoms with van der Waals surface area (Å²) in [5.41, 5.74) is 5.31. The summed E-state index contributed by atoms with van der Waals surface area (Å²) in [6.07, 6.45) is 3.93. The molecular formula is C17H32N2O4. The van der Waals surface area contributed by atoms with E-state index >= 15 is 0 Å². The van der Waals surface area contributed by atoms with E-state index in [2.05, 4.69) is 5.32 Å². The Kier molecular flexibility index (Phi) is 7.82. The molecule has 1 amide bonds. The maximum absolute atomic E-state index is 11.9. The van der Waals surface area contributed by atoms with Crippen molar-refractivity contribution < 1.29 is 19.1 Å². The van der Waals surface area contributed by atoms with Gasteiger partial charge in [0.25, 0.3) is 0 Å². The number of rotatable bonds is 6. The van der Waals surface area contributed by atoms with E-state index in [0.717, 1.165) is 25.7 Å². The third-order valence-electron chi connectivity index (χ3n) is 4.18. The van der Waals surface area contributed by atoms with Crippen LogP contribution in [0.2, 0.25) is 0 Å². The van der Waals surface area contributed by atoms with Gasteiger partial charge in [-0.1, -0.05) is 0 Å². The first-order valence-electron chi connectivity index (χ1n) is 8.60. The lowest BCUT2D eigenvalue weighted by molar-refractivity contribution is -0.144. The first-order chi connectivity index (χ1) is 10.7. The van der Waals surface area contributed by atoms with Gasteiger partial charge in [-0.3, -0.25) is 4.79 Å². The molecule has 0 heterocycles. The van der Waals surface area contributed by atoms with Crippen molar-refractivity contribution in [1.82, 2.24) is 5.32 Å². The number of nitrogens with two attached hydrogens (primary N) is 1. The van der Waals surface area contributed by atoms with Crippen LogP contribution in [0.4, 0.5) is 4.79 Å². The topological polar surface area (TPSA) is 90.6 Å². The molecule has 1 fully saturated rings. The van der Waals surface area contributed by atoms with Crippen molar-refractivity contribution in [2.75, 3.05) is 13.2 Å². The van der Waals surface area contributed by atoms with Gasteiger partial charge in [-0.15, -0.1) is 0 Å². The number of ether oxygens (including phenoxy) is 2. The Morgan fingerprint density at radius 3 is 2.30 bits per heavy atom. The van der Waals surface area contributed by atoms with E-state index in [-0.39, 0.29) is 12.0 Å². The standard InChI is InChI=1S/C17H32N2O4/c1-5-22-15(20)10-12-6-8-13(9-7-12)14(11-18)19-16(21)23-17(2,3)4/h12-14H,5-11,18H2,1-4H3,(H,19,21)/t12-,13-,14?. The van der Waals surface area contributed by atoms with E-state index in [1.165, 1.54) is 0 Å². The Morgan fingerprint density at radius 2 is 1.83 bits per heavy atom. The van der Waals surface area contributed by atoms with Gasteiger partial charge in [0.1, 0.15) is 5.60 Å². The van der Waals surface area contributed by atoms with Crippen LogP contribution in [0.5, 0.6) is 0 Å². The summed E-state index contributed by atoms with van der Waals surface area (Å²) < 4.78 is 10.3. The molecule has 0 spiro atoms. The van der Waals surface area contributed by atoms with Crippen LogP contribution in [0.3, 0.4) is 0 Å². The first kappa shape index (κ1) is 19.7. The van der Waals surface area contributed by atoms with E-state index in [0.29, 0.717) is 31.4 Å². The zero-order valence-electron chi connectivity index (χ0n) is 14.9. The third-order valence-corrected chi connectivity index (χ3v) is 4.18. The highest BCUT2D eigenvalue weighted by atomic mass is 16.6. The normalized spacial score (nSPS) is 23.0. The molecule has 0 aliphatic heterocycles. The molecule has 1 rings (SSSR count). The van der Waals surface area contributed by atoms with Crippen LogP contribution in [0.25, 0.3) is 0 Å². The van der Waals surface area contributed by atoms with Gasteiger partial charge in [0.05, 0.1) is 6.61 Å². The Balaban J connectivity index is 2.41. The Bertz CT molecular complexity index is 385. The average molecular weight is 328 g/mol. The predicted octanol–water partition coefficient (Wildman–Crippen LogP) is 2.60. The highest BCUT2D eigenvalue weighted by Crippen LogP contribution is 2.32. The maximum Gasteiger partial charge on any atom is 0.407 e. The third kappa shape index (κ3) is 7.68.